The van der Waals surface area contributed by atoms with E-state index in [0.29, 0.717) is 32.7 Å². The molecule has 3 N–H and O–H groups in total. The van der Waals surface area contributed by atoms with Crippen molar-refractivity contribution in [2.24, 2.45) is 5.73 Å². The number of anilines is 1. The van der Waals surface area contributed by atoms with E-state index < -0.39 is 0 Å². The summed E-state index contributed by atoms with van der Waals surface area (Å²) in [5.74, 6) is -0.0616. The van der Waals surface area contributed by atoms with Crippen LogP contribution in [0.1, 0.15) is 22.6 Å². The Morgan fingerprint density at radius 3 is 1.66 bits per heavy atom. The van der Waals surface area contributed by atoms with E-state index in [1.54, 1.807) is 6.20 Å². The summed E-state index contributed by atoms with van der Waals surface area (Å²) in [6.45, 7) is 4.23. The second kappa shape index (κ2) is 14.7. The van der Waals surface area contributed by atoms with Gasteiger partial charge in [-0.3, -0.25) is 29.5 Å². The Hall–Kier alpha value is -3.98. The van der Waals surface area contributed by atoms with Gasteiger partial charge in [0.15, 0.2) is 0 Å². The molecule has 1 amide bonds. The summed E-state index contributed by atoms with van der Waals surface area (Å²) in [6, 6.07) is 25.6. The van der Waals surface area contributed by atoms with Crippen LogP contribution in [0, 0.1) is 0 Å². The van der Waals surface area contributed by atoms with Crippen molar-refractivity contribution in [2.75, 3.05) is 31.5 Å². The van der Waals surface area contributed by atoms with Crippen molar-refractivity contribution in [1.82, 2.24) is 24.8 Å². The second-order valence-corrected chi connectivity index (χ2v) is 9.17. The van der Waals surface area contributed by atoms with Gasteiger partial charge in [0.2, 0.25) is 5.91 Å². The molecule has 38 heavy (non-hydrogen) atoms. The highest BCUT2D eigenvalue weighted by molar-refractivity contribution is 5.92. The lowest BCUT2D eigenvalue weighted by Crippen LogP contribution is -2.39. The third kappa shape index (κ3) is 9.15. The molecule has 3 heterocycles. The van der Waals surface area contributed by atoms with E-state index in [9.17, 15) is 4.79 Å². The number of aromatic nitrogens is 3. The van der Waals surface area contributed by atoms with Crippen LogP contribution < -0.4 is 11.1 Å². The molecule has 0 fully saturated rings. The fourth-order valence-corrected chi connectivity index (χ4v) is 4.20. The van der Waals surface area contributed by atoms with Crippen LogP contribution in [0.3, 0.4) is 0 Å². The lowest BCUT2D eigenvalue weighted by Gasteiger charge is -2.27. The van der Waals surface area contributed by atoms with E-state index in [2.05, 4.69) is 30.1 Å². The minimum atomic E-state index is -0.0616. The number of hydrogen-bond donors (Lipinski definition) is 2. The molecule has 196 valence electrons. The minimum Gasteiger partial charge on any atom is -0.330 e. The number of pyridine rings is 3. The predicted octanol–water partition coefficient (Wildman–Crippen LogP) is 3.52. The van der Waals surface area contributed by atoms with Gasteiger partial charge in [0.1, 0.15) is 0 Å². The Morgan fingerprint density at radius 1 is 0.684 bits per heavy atom. The van der Waals surface area contributed by atoms with Crippen molar-refractivity contribution >= 4 is 11.6 Å². The van der Waals surface area contributed by atoms with Gasteiger partial charge in [-0.2, -0.15) is 0 Å². The first-order chi connectivity index (χ1) is 18.7. The van der Waals surface area contributed by atoms with Gasteiger partial charge in [-0.15, -0.1) is 0 Å². The largest absolute Gasteiger partial charge is 0.330 e. The average Bonchev–Trinajstić information content (AvgIpc) is 2.94. The molecular formula is C30H35N7O. The topological polar surface area (TPSA) is 100 Å². The summed E-state index contributed by atoms with van der Waals surface area (Å²) < 4.78 is 0. The molecule has 4 aromatic rings. The summed E-state index contributed by atoms with van der Waals surface area (Å²) in [4.78, 5) is 31.0. The number of nitrogens with one attached hydrogen (secondary N) is 1. The third-order valence-electron chi connectivity index (χ3n) is 6.11. The van der Waals surface area contributed by atoms with Crippen LogP contribution in [0.4, 0.5) is 5.69 Å². The van der Waals surface area contributed by atoms with Gasteiger partial charge in [-0.25, -0.2) is 0 Å². The molecule has 0 bridgehead atoms. The smallest absolute Gasteiger partial charge is 0.238 e. The molecule has 0 unspecified atom stereocenters. The summed E-state index contributed by atoms with van der Waals surface area (Å²) in [7, 11) is 0. The molecule has 8 nitrogen and oxygen atoms in total. The van der Waals surface area contributed by atoms with Crippen LogP contribution in [0.5, 0.6) is 0 Å². The fourth-order valence-electron chi connectivity index (χ4n) is 4.20. The maximum Gasteiger partial charge on any atom is 0.238 e. The quantitative estimate of drug-likeness (QED) is 0.268. The third-order valence-corrected chi connectivity index (χ3v) is 6.11. The van der Waals surface area contributed by atoms with Gasteiger partial charge in [0.05, 0.1) is 23.6 Å². The van der Waals surface area contributed by atoms with E-state index in [-0.39, 0.29) is 12.5 Å². The van der Waals surface area contributed by atoms with Gasteiger partial charge < -0.3 is 11.1 Å². The van der Waals surface area contributed by atoms with Crippen LogP contribution in [-0.2, 0) is 30.8 Å². The van der Waals surface area contributed by atoms with Crippen molar-refractivity contribution in [1.29, 1.82) is 0 Å². The zero-order chi connectivity index (χ0) is 26.4. The summed E-state index contributed by atoms with van der Waals surface area (Å²) in [5, 5.41) is 3.03. The molecule has 0 saturated carbocycles. The monoisotopic (exact) mass is 509 g/mol. The molecule has 3 aromatic heterocycles. The first-order valence-electron chi connectivity index (χ1n) is 12.9. The van der Waals surface area contributed by atoms with Gasteiger partial charge in [-0.1, -0.05) is 30.3 Å². The van der Waals surface area contributed by atoms with E-state index in [1.807, 2.05) is 91.3 Å². The highest BCUT2D eigenvalue weighted by atomic mass is 16.2. The Morgan fingerprint density at radius 2 is 1.18 bits per heavy atom. The van der Waals surface area contributed by atoms with Crippen molar-refractivity contribution in [3.63, 3.8) is 0 Å². The van der Waals surface area contributed by atoms with Gasteiger partial charge in [-0.05, 0) is 67.1 Å². The normalized spacial score (nSPS) is 11.1. The molecule has 0 aliphatic carbocycles. The maximum absolute atomic E-state index is 13.0. The first-order valence-corrected chi connectivity index (χ1v) is 12.9. The number of carbonyl (C=O) groups excluding carboxylic acids is 1. The van der Waals surface area contributed by atoms with Crippen LogP contribution in [-0.4, -0.2) is 56.8 Å². The number of amides is 1. The molecule has 0 atom stereocenters. The second-order valence-electron chi connectivity index (χ2n) is 9.17. The van der Waals surface area contributed by atoms with Crippen LogP contribution in [0.2, 0.25) is 0 Å². The highest BCUT2D eigenvalue weighted by Gasteiger charge is 2.16. The Balaban J connectivity index is 1.43. The van der Waals surface area contributed by atoms with Crippen molar-refractivity contribution in [2.45, 2.75) is 26.1 Å². The summed E-state index contributed by atoms with van der Waals surface area (Å²) in [5.41, 5.74) is 10.5. The Kier molecular flexibility index (Phi) is 10.5. The molecule has 1 aromatic carbocycles. The van der Waals surface area contributed by atoms with Crippen LogP contribution in [0.15, 0.2) is 97.5 Å². The first kappa shape index (κ1) is 27.1. The van der Waals surface area contributed by atoms with Gasteiger partial charge in [0.25, 0.3) is 0 Å². The number of nitrogens with two attached hydrogens (primary N) is 1. The molecule has 8 heteroatoms. The van der Waals surface area contributed by atoms with E-state index in [0.717, 1.165) is 41.3 Å². The van der Waals surface area contributed by atoms with Gasteiger partial charge >= 0.3 is 0 Å². The molecule has 0 aliphatic heterocycles. The Bertz CT molecular complexity index is 1180. The number of rotatable bonds is 14. The maximum atomic E-state index is 13.0. The molecule has 4 rings (SSSR count). The molecule has 0 saturated heterocycles. The lowest BCUT2D eigenvalue weighted by molar-refractivity contribution is -0.117. The van der Waals surface area contributed by atoms with E-state index in [1.165, 1.54) is 0 Å². The van der Waals surface area contributed by atoms with Crippen molar-refractivity contribution < 1.29 is 4.79 Å². The van der Waals surface area contributed by atoms with Crippen molar-refractivity contribution in [3.8, 4) is 0 Å². The number of carbonyl (C=O) groups is 1. The Labute approximate surface area is 224 Å². The zero-order valence-electron chi connectivity index (χ0n) is 21.6. The number of hydrogen-bond acceptors (Lipinski definition) is 7. The van der Waals surface area contributed by atoms with E-state index >= 15 is 0 Å². The van der Waals surface area contributed by atoms with E-state index in [4.69, 9.17) is 5.73 Å². The van der Waals surface area contributed by atoms with Crippen LogP contribution >= 0.6 is 0 Å². The summed E-state index contributed by atoms with van der Waals surface area (Å²) >= 11 is 0. The SMILES string of the molecule is NCCc1ccc(NC(=O)CN(CCN(Cc2ccccn2)Cc2ccccn2)Cc2ccccn2)cc1. The van der Waals surface area contributed by atoms with Crippen molar-refractivity contribution in [3.05, 3.63) is 120 Å². The predicted molar refractivity (Wildman–Crippen MR) is 150 cm³/mol. The average molecular weight is 510 g/mol. The number of benzene rings is 1. The lowest BCUT2D eigenvalue weighted by atomic mass is 10.1. The van der Waals surface area contributed by atoms with Crippen LogP contribution in [0.25, 0.3) is 0 Å². The zero-order valence-corrected chi connectivity index (χ0v) is 21.6. The number of nitrogens with zero attached hydrogens (tertiary/aromatic N) is 5. The molecule has 0 spiro atoms. The minimum absolute atomic E-state index is 0.0616. The molecule has 0 radical (unpaired) electrons. The summed E-state index contributed by atoms with van der Waals surface area (Å²) in [6.07, 6.45) is 6.23. The fraction of sp³-hybridized carbons (Fsp3) is 0.267. The molecule has 0 aliphatic rings. The van der Waals surface area contributed by atoms with Gasteiger partial charge in [0, 0.05) is 57.0 Å². The standard InChI is InChI=1S/C30H35N7O/c31-15-14-25-10-12-26(13-11-25)35-30(38)24-37(23-29-9-3-6-18-34-29)20-19-36(21-27-7-1-4-16-32-27)22-28-8-2-5-17-33-28/h1-13,16-18H,14-15,19-24,31H2,(H,35,38). The molecular weight excluding hydrogens is 474 g/mol. The highest BCUT2D eigenvalue weighted by Crippen LogP contribution is 2.12.